The van der Waals surface area contributed by atoms with Crippen LogP contribution >= 0.6 is 0 Å². The Hall–Kier alpha value is -3.42. The lowest BCUT2D eigenvalue weighted by Gasteiger charge is -2.44. The van der Waals surface area contributed by atoms with Gasteiger partial charge in [0.2, 0.25) is 5.91 Å². The standard InChI is InChI=1S/C33H41N3O4/c1-23-11-14-27(15-12-23)36(32(38)22-34(17-18-37)26-8-5-4-6-9-26)30-21-25(3)35(33(39)31-10-7-19-40-31)29-16-13-24(2)20-28(29)30/h7,10-16,19-20,25-26,30,37H,4-6,8-9,17-18,21-22H2,1-3H3/t25-,30+/m0/s1. The minimum atomic E-state index is -0.247. The van der Waals surface area contributed by atoms with E-state index in [2.05, 4.69) is 11.0 Å². The molecule has 1 N–H and O–H groups in total. The van der Waals surface area contributed by atoms with Crippen LogP contribution < -0.4 is 9.80 Å². The molecule has 7 heteroatoms. The number of aliphatic hydroxyl groups is 1. The van der Waals surface area contributed by atoms with E-state index in [9.17, 15) is 14.7 Å². The van der Waals surface area contributed by atoms with Crippen molar-refractivity contribution in [1.82, 2.24) is 4.90 Å². The molecule has 0 saturated heterocycles. The van der Waals surface area contributed by atoms with E-state index in [1.54, 1.807) is 12.1 Å². The summed E-state index contributed by atoms with van der Waals surface area (Å²) >= 11 is 0. The molecule has 0 spiro atoms. The predicted octanol–water partition coefficient (Wildman–Crippen LogP) is 6.04. The van der Waals surface area contributed by atoms with Crippen LogP contribution in [0, 0.1) is 13.8 Å². The van der Waals surface area contributed by atoms with E-state index >= 15 is 0 Å². The summed E-state index contributed by atoms with van der Waals surface area (Å²) in [5, 5.41) is 9.86. The molecule has 1 aliphatic carbocycles. The van der Waals surface area contributed by atoms with Gasteiger partial charge in [-0.15, -0.1) is 0 Å². The first-order valence-electron chi connectivity index (χ1n) is 14.6. The minimum absolute atomic E-state index is 0.0124. The normalized spacial score (nSPS) is 19.5. The summed E-state index contributed by atoms with van der Waals surface area (Å²) in [6.45, 7) is 6.88. The highest BCUT2D eigenvalue weighted by Gasteiger charge is 2.40. The zero-order chi connectivity index (χ0) is 28.2. The van der Waals surface area contributed by atoms with Crippen LogP contribution in [0.3, 0.4) is 0 Å². The molecule has 3 aromatic rings. The van der Waals surface area contributed by atoms with Crippen LogP contribution in [0.5, 0.6) is 0 Å². The second kappa shape index (κ2) is 12.4. The molecule has 0 bridgehead atoms. The largest absolute Gasteiger partial charge is 0.459 e. The number of carbonyl (C=O) groups excluding carboxylic acids is 2. The fraction of sp³-hybridized carbons (Fsp3) is 0.455. The Morgan fingerprint density at radius 2 is 1.73 bits per heavy atom. The van der Waals surface area contributed by atoms with Crippen molar-refractivity contribution in [3.63, 3.8) is 0 Å². The number of aryl methyl sites for hydroxylation is 2. The molecule has 1 aliphatic heterocycles. The number of aliphatic hydroxyl groups excluding tert-OH is 1. The Balaban J connectivity index is 1.54. The number of hydrogen-bond acceptors (Lipinski definition) is 5. The fourth-order valence-electron chi connectivity index (χ4n) is 6.44. The van der Waals surface area contributed by atoms with Crippen molar-refractivity contribution in [3.8, 4) is 0 Å². The van der Waals surface area contributed by atoms with E-state index in [-0.39, 0.29) is 37.0 Å². The Bertz CT molecular complexity index is 1300. The highest BCUT2D eigenvalue weighted by molar-refractivity contribution is 6.06. The lowest BCUT2D eigenvalue weighted by atomic mass is 9.88. The van der Waals surface area contributed by atoms with Gasteiger partial charge in [-0.25, -0.2) is 0 Å². The summed E-state index contributed by atoms with van der Waals surface area (Å²) in [7, 11) is 0. The summed E-state index contributed by atoms with van der Waals surface area (Å²) < 4.78 is 5.47. The third kappa shape index (κ3) is 5.86. The van der Waals surface area contributed by atoms with E-state index < -0.39 is 0 Å². The third-order valence-electron chi connectivity index (χ3n) is 8.47. The van der Waals surface area contributed by atoms with E-state index in [1.807, 2.05) is 67.0 Å². The molecule has 1 saturated carbocycles. The van der Waals surface area contributed by atoms with E-state index in [1.165, 1.54) is 12.7 Å². The van der Waals surface area contributed by atoms with Crippen molar-refractivity contribution < 1.29 is 19.1 Å². The molecule has 1 fully saturated rings. The summed E-state index contributed by atoms with van der Waals surface area (Å²) in [6, 6.07) is 17.6. The lowest BCUT2D eigenvalue weighted by molar-refractivity contribution is -0.121. The van der Waals surface area contributed by atoms with Crippen LogP contribution in [0.2, 0.25) is 0 Å². The topological polar surface area (TPSA) is 77.2 Å². The molecule has 212 valence electrons. The number of amides is 2. The number of hydrogen-bond donors (Lipinski definition) is 1. The van der Waals surface area contributed by atoms with Crippen molar-refractivity contribution in [2.24, 2.45) is 0 Å². The summed E-state index contributed by atoms with van der Waals surface area (Å²) in [4.78, 5) is 33.8. The zero-order valence-corrected chi connectivity index (χ0v) is 23.9. The van der Waals surface area contributed by atoms with Crippen molar-refractivity contribution in [1.29, 1.82) is 0 Å². The predicted molar refractivity (Wildman–Crippen MR) is 158 cm³/mol. The summed E-state index contributed by atoms with van der Waals surface area (Å²) in [5.41, 5.74) is 4.81. The molecule has 0 unspecified atom stereocenters. The minimum Gasteiger partial charge on any atom is -0.459 e. The fourth-order valence-corrected chi connectivity index (χ4v) is 6.44. The number of carbonyl (C=O) groups is 2. The molecule has 5 rings (SSSR count). The molecule has 1 aromatic heterocycles. The maximum Gasteiger partial charge on any atom is 0.294 e. The number of fused-ring (bicyclic) bond motifs is 1. The second-order valence-electron chi connectivity index (χ2n) is 11.4. The Kier molecular flexibility index (Phi) is 8.72. The van der Waals surface area contributed by atoms with Gasteiger partial charge in [-0.1, -0.05) is 54.7 Å². The van der Waals surface area contributed by atoms with Gasteiger partial charge in [0.25, 0.3) is 5.91 Å². The van der Waals surface area contributed by atoms with Crippen molar-refractivity contribution in [2.45, 2.75) is 77.4 Å². The average molecular weight is 544 g/mol. The molecule has 0 radical (unpaired) electrons. The molecule has 7 nitrogen and oxygen atoms in total. The van der Waals surface area contributed by atoms with Crippen LogP contribution in [0.15, 0.2) is 65.3 Å². The molecule has 40 heavy (non-hydrogen) atoms. The highest BCUT2D eigenvalue weighted by atomic mass is 16.3. The zero-order valence-electron chi connectivity index (χ0n) is 23.9. The molecular formula is C33H41N3O4. The quantitative estimate of drug-likeness (QED) is 0.375. The molecular weight excluding hydrogens is 502 g/mol. The van der Waals surface area contributed by atoms with Crippen molar-refractivity contribution >= 4 is 23.2 Å². The third-order valence-corrected chi connectivity index (χ3v) is 8.47. The Morgan fingerprint density at radius 3 is 2.40 bits per heavy atom. The first-order valence-corrected chi connectivity index (χ1v) is 14.6. The van der Waals surface area contributed by atoms with E-state index in [0.29, 0.717) is 24.8 Å². The molecule has 2 atom stereocenters. The van der Waals surface area contributed by atoms with Crippen LogP contribution in [-0.4, -0.2) is 53.6 Å². The smallest absolute Gasteiger partial charge is 0.294 e. The van der Waals surface area contributed by atoms with Crippen molar-refractivity contribution in [3.05, 3.63) is 83.3 Å². The number of nitrogens with zero attached hydrogens (tertiary/aromatic N) is 3. The van der Waals surface area contributed by atoms with Gasteiger partial charge in [-0.2, -0.15) is 0 Å². The van der Waals surface area contributed by atoms with E-state index in [0.717, 1.165) is 53.7 Å². The van der Waals surface area contributed by atoms with Crippen LogP contribution in [0.4, 0.5) is 11.4 Å². The molecule has 2 aromatic carbocycles. The highest BCUT2D eigenvalue weighted by Crippen LogP contribution is 2.43. The van der Waals surface area contributed by atoms with Gasteiger partial charge in [0.05, 0.1) is 25.5 Å². The first kappa shape index (κ1) is 28.1. The summed E-state index contributed by atoms with van der Waals surface area (Å²) in [6.07, 6.45) is 7.78. The average Bonchev–Trinajstić information content (AvgIpc) is 3.50. The van der Waals surface area contributed by atoms with Gasteiger partial charge >= 0.3 is 0 Å². The number of benzene rings is 2. The lowest BCUT2D eigenvalue weighted by Crippen LogP contribution is -2.51. The summed E-state index contributed by atoms with van der Waals surface area (Å²) in [5.74, 6) is 0.134. The van der Waals surface area contributed by atoms with Gasteiger partial charge < -0.3 is 19.3 Å². The second-order valence-corrected chi connectivity index (χ2v) is 11.4. The maximum atomic E-state index is 14.4. The van der Waals surface area contributed by atoms with Gasteiger partial charge in [0.15, 0.2) is 5.76 Å². The van der Waals surface area contributed by atoms with Gasteiger partial charge in [-0.3, -0.25) is 14.5 Å². The van der Waals surface area contributed by atoms with Gasteiger partial charge in [0.1, 0.15) is 0 Å². The van der Waals surface area contributed by atoms with Crippen molar-refractivity contribution in [2.75, 3.05) is 29.5 Å². The van der Waals surface area contributed by atoms with Crippen LogP contribution in [0.25, 0.3) is 0 Å². The number of anilines is 2. The first-order chi connectivity index (χ1) is 19.4. The van der Waals surface area contributed by atoms with Gasteiger partial charge in [0, 0.05) is 30.0 Å². The SMILES string of the molecule is Cc1ccc(N(C(=O)CN(CCO)C2CCCCC2)[C@@H]2C[C@H](C)N(C(=O)c3ccco3)c3ccc(C)cc32)cc1. The molecule has 2 amide bonds. The Morgan fingerprint density at radius 1 is 1.00 bits per heavy atom. The molecule has 2 aliphatic rings. The monoisotopic (exact) mass is 543 g/mol. The number of furan rings is 1. The van der Waals surface area contributed by atoms with Crippen LogP contribution in [0.1, 0.15) is 78.7 Å². The molecule has 2 heterocycles. The van der Waals surface area contributed by atoms with E-state index in [4.69, 9.17) is 4.42 Å². The van der Waals surface area contributed by atoms with Crippen LogP contribution in [-0.2, 0) is 4.79 Å². The van der Waals surface area contributed by atoms with Gasteiger partial charge in [-0.05, 0) is 75.9 Å². The Labute approximate surface area is 237 Å². The maximum absolute atomic E-state index is 14.4. The number of rotatable bonds is 8.